The van der Waals surface area contributed by atoms with Gasteiger partial charge >= 0.3 is 0 Å². The lowest BCUT2D eigenvalue weighted by Crippen LogP contribution is -2.47. The first-order chi connectivity index (χ1) is 6.70. The van der Waals surface area contributed by atoms with E-state index in [1.807, 2.05) is 11.9 Å². The van der Waals surface area contributed by atoms with Gasteiger partial charge in [-0.15, -0.1) is 0 Å². The first kappa shape index (κ1) is 11.5. The maximum Gasteiger partial charge on any atom is 0.239 e. The fourth-order valence-corrected chi connectivity index (χ4v) is 2.22. The van der Waals surface area contributed by atoms with E-state index in [1.54, 1.807) is 0 Å². The second kappa shape index (κ2) is 5.35. The van der Waals surface area contributed by atoms with E-state index in [9.17, 15) is 4.79 Å². The van der Waals surface area contributed by atoms with Gasteiger partial charge in [-0.25, -0.2) is 0 Å². The summed E-state index contributed by atoms with van der Waals surface area (Å²) in [6.07, 6.45) is 3.35. The van der Waals surface area contributed by atoms with Crippen molar-refractivity contribution in [3.63, 3.8) is 0 Å². The van der Waals surface area contributed by atoms with Crippen molar-refractivity contribution in [2.45, 2.75) is 39.2 Å². The van der Waals surface area contributed by atoms with E-state index < -0.39 is 0 Å². The summed E-state index contributed by atoms with van der Waals surface area (Å²) in [5, 5.41) is 3.14. The number of likely N-dealkylation sites (tertiary alicyclic amines) is 1. The van der Waals surface area contributed by atoms with E-state index in [1.165, 1.54) is 0 Å². The van der Waals surface area contributed by atoms with Crippen LogP contribution in [0.1, 0.15) is 33.1 Å². The van der Waals surface area contributed by atoms with Gasteiger partial charge in [-0.05, 0) is 32.2 Å². The molecule has 1 aliphatic heterocycles. The topological polar surface area (TPSA) is 32.3 Å². The molecule has 0 aromatic carbocycles. The van der Waals surface area contributed by atoms with Crippen molar-refractivity contribution < 1.29 is 4.79 Å². The molecule has 0 bridgehead atoms. The second-order valence-corrected chi connectivity index (χ2v) is 4.21. The van der Waals surface area contributed by atoms with Crippen LogP contribution in [0.3, 0.4) is 0 Å². The summed E-state index contributed by atoms with van der Waals surface area (Å²) in [5.41, 5.74) is 0. The van der Waals surface area contributed by atoms with E-state index in [-0.39, 0.29) is 6.04 Å². The standard InChI is InChI=1S/C11H22N2O/c1-4-7-13-8-5-6-9(2)10(12-3)11(13)14/h9-10,12H,4-8H2,1-3H3. The van der Waals surface area contributed by atoms with Gasteiger partial charge in [-0.2, -0.15) is 0 Å². The Bertz CT molecular complexity index is 194. The zero-order valence-electron chi connectivity index (χ0n) is 9.55. The summed E-state index contributed by atoms with van der Waals surface area (Å²) < 4.78 is 0. The summed E-state index contributed by atoms with van der Waals surface area (Å²) in [7, 11) is 1.88. The molecule has 2 unspecified atom stereocenters. The Morgan fingerprint density at radius 2 is 2.29 bits per heavy atom. The first-order valence-corrected chi connectivity index (χ1v) is 5.66. The molecule has 3 nitrogen and oxygen atoms in total. The molecule has 1 aliphatic rings. The maximum absolute atomic E-state index is 12.0. The lowest BCUT2D eigenvalue weighted by Gasteiger charge is -2.25. The molecule has 0 aromatic heterocycles. The van der Waals surface area contributed by atoms with Gasteiger partial charge in [0.05, 0.1) is 6.04 Å². The molecule has 0 saturated carbocycles. The predicted molar refractivity (Wildman–Crippen MR) is 58.1 cm³/mol. The van der Waals surface area contributed by atoms with Crippen molar-refractivity contribution >= 4 is 5.91 Å². The zero-order valence-corrected chi connectivity index (χ0v) is 9.55. The SMILES string of the molecule is CCCN1CCCC(C)C(NC)C1=O. The minimum atomic E-state index is 0.0315. The Hall–Kier alpha value is -0.570. The van der Waals surface area contributed by atoms with Gasteiger partial charge < -0.3 is 10.2 Å². The lowest BCUT2D eigenvalue weighted by molar-refractivity contribution is -0.133. The Morgan fingerprint density at radius 3 is 2.86 bits per heavy atom. The van der Waals surface area contributed by atoms with Crippen molar-refractivity contribution in [2.24, 2.45) is 5.92 Å². The second-order valence-electron chi connectivity index (χ2n) is 4.21. The average molecular weight is 198 g/mol. The monoisotopic (exact) mass is 198 g/mol. The van der Waals surface area contributed by atoms with Crippen molar-refractivity contribution in [1.82, 2.24) is 10.2 Å². The maximum atomic E-state index is 12.0. The highest BCUT2D eigenvalue weighted by atomic mass is 16.2. The van der Waals surface area contributed by atoms with E-state index >= 15 is 0 Å². The minimum absolute atomic E-state index is 0.0315. The molecule has 1 amide bonds. The third-order valence-electron chi connectivity index (χ3n) is 3.04. The van der Waals surface area contributed by atoms with Gasteiger partial charge in [-0.3, -0.25) is 4.79 Å². The molecular formula is C11H22N2O. The summed E-state index contributed by atoms with van der Waals surface area (Å²) in [4.78, 5) is 14.0. The molecule has 1 fully saturated rings. The third kappa shape index (κ3) is 2.47. The van der Waals surface area contributed by atoms with Crippen LogP contribution in [0.5, 0.6) is 0 Å². The van der Waals surface area contributed by atoms with E-state index in [0.29, 0.717) is 11.8 Å². The number of hydrogen-bond acceptors (Lipinski definition) is 2. The molecular weight excluding hydrogens is 176 g/mol. The number of hydrogen-bond donors (Lipinski definition) is 1. The van der Waals surface area contributed by atoms with Gasteiger partial charge in [0, 0.05) is 13.1 Å². The molecule has 14 heavy (non-hydrogen) atoms. The van der Waals surface area contributed by atoms with E-state index in [4.69, 9.17) is 0 Å². The van der Waals surface area contributed by atoms with Crippen molar-refractivity contribution in [1.29, 1.82) is 0 Å². The summed E-state index contributed by atoms with van der Waals surface area (Å²) in [6, 6.07) is 0.0315. The van der Waals surface area contributed by atoms with Crippen LogP contribution >= 0.6 is 0 Å². The lowest BCUT2D eigenvalue weighted by atomic mass is 9.98. The van der Waals surface area contributed by atoms with Gasteiger partial charge in [0.25, 0.3) is 0 Å². The first-order valence-electron chi connectivity index (χ1n) is 5.66. The largest absolute Gasteiger partial charge is 0.341 e. The molecule has 82 valence electrons. The Balaban J connectivity index is 2.67. The van der Waals surface area contributed by atoms with Crippen LogP contribution < -0.4 is 5.32 Å². The van der Waals surface area contributed by atoms with Gasteiger partial charge in [0.1, 0.15) is 0 Å². The van der Waals surface area contributed by atoms with Gasteiger partial charge in [0.15, 0.2) is 0 Å². The fraction of sp³-hybridized carbons (Fsp3) is 0.909. The van der Waals surface area contributed by atoms with Crippen LogP contribution in [-0.2, 0) is 4.79 Å². The highest BCUT2D eigenvalue weighted by Gasteiger charge is 2.29. The molecule has 0 spiro atoms. The highest BCUT2D eigenvalue weighted by Crippen LogP contribution is 2.18. The van der Waals surface area contributed by atoms with Crippen LogP contribution in [0.25, 0.3) is 0 Å². The van der Waals surface area contributed by atoms with Gasteiger partial charge in [-0.1, -0.05) is 13.8 Å². The smallest absolute Gasteiger partial charge is 0.239 e. The number of likely N-dealkylation sites (N-methyl/N-ethyl adjacent to an activating group) is 1. The number of carbonyl (C=O) groups excluding carboxylic acids is 1. The summed E-state index contributed by atoms with van der Waals surface area (Å²) >= 11 is 0. The highest BCUT2D eigenvalue weighted by molar-refractivity contribution is 5.82. The number of nitrogens with zero attached hydrogens (tertiary/aromatic N) is 1. The normalized spacial score (nSPS) is 29.1. The summed E-state index contributed by atoms with van der Waals surface area (Å²) in [6.45, 7) is 6.13. The Labute approximate surface area is 86.9 Å². The number of carbonyl (C=O) groups is 1. The van der Waals surface area contributed by atoms with Crippen LogP contribution in [0, 0.1) is 5.92 Å². The minimum Gasteiger partial charge on any atom is -0.341 e. The fourth-order valence-electron chi connectivity index (χ4n) is 2.22. The number of amides is 1. The van der Waals surface area contributed by atoms with Gasteiger partial charge in [0.2, 0.25) is 5.91 Å². The molecule has 0 radical (unpaired) electrons. The Morgan fingerprint density at radius 1 is 1.57 bits per heavy atom. The molecule has 0 aromatic rings. The van der Waals surface area contributed by atoms with Crippen LogP contribution in [0.2, 0.25) is 0 Å². The number of rotatable bonds is 3. The molecule has 0 aliphatic carbocycles. The van der Waals surface area contributed by atoms with E-state index in [0.717, 1.165) is 32.4 Å². The predicted octanol–water partition coefficient (Wildman–Crippen LogP) is 1.24. The molecule has 3 heteroatoms. The van der Waals surface area contributed by atoms with Crippen molar-refractivity contribution in [3.05, 3.63) is 0 Å². The number of nitrogens with one attached hydrogen (secondary N) is 1. The van der Waals surface area contributed by atoms with E-state index in [2.05, 4.69) is 19.2 Å². The Kier molecular flexibility index (Phi) is 4.39. The third-order valence-corrected chi connectivity index (χ3v) is 3.04. The van der Waals surface area contributed by atoms with Crippen molar-refractivity contribution in [3.8, 4) is 0 Å². The quantitative estimate of drug-likeness (QED) is 0.740. The zero-order chi connectivity index (χ0) is 10.6. The van der Waals surface area contributed by atoms with Crippen LogP contribution in [-0.4, -0.2) is 37.0 Å². The molecule has 1 N–H and O–H groups in total. The molecule has 1 rings (SSSR count). The average Bonchev–Trinajstić information content (AvgIpc) is 2.28. The summed E-state index contributed by atoms with van der Waals surface area (Å²) in [5.74, 6) is 0.758. The molecule has 1 heterocycles. The van der Waals surface area contributed by atoms with Crippen LogP contribution in [0.15, 0.2) is 0 Å². The molecule has 1 saturated heterocycles. The van der Waals surface area contributed by atoms with Crippen LogP contribution in [0.4, 0.5) is 0 Å². The molecule has 2 atom stereocenters. The van der Waals surface area contributed by atoms with Crippen molar-refractivity contribution in [2.75, 3.05) is 20.1 Å².